The van der Waals surface area contributed by atoms with Gasteiger partial charge in [-0.25, -0.2) is 26.4 Å². The van der Waals surface area contributed by atoms with Gasteiger partial charge in [0.15, 0.2) is 12.1 Å². The van der Waals surface area contributed by atoms with Crippen molar-refractivity contribution in [3.8, 4) is 0 Å². The number of hydrogen-bond acceptors (Lipinski definition) is 16. The first kappa shape index (κ1) is 103. The Morgan fingerprint density at radius 1 is 0.548 bits per heavy atom. The van der Waals surface area contributed by atoms with Gasteiger partial charge in [0.1, 0.15) is 39.5 Å². The summed E-state index contributed by atoms with van der Waals surface area (Å²) in [4.78, 5) is 33.5. The Morgan fingerprint density at radius 3 is 0.968 bits per heavy atom. The Bertz CT molecular complexity index is 2850. The second-order valence-corrected chi connectivity index (χ2v) is 70.1. The molecule has 0 aromatic heterocycles. The van der Waals surface area contributed by atoms with Gasteiger partial charge in [0, 0.05) is 12.8 Å². The van der Waals surface area contributed by atoms with Crippen LogP contribution in [0.1, 0.15) is 80.8 Å². The van der Waals surface area contributed by atoms with E-state index in [-0.39, 0.29) is 46.0 Å². The van der Waals surface area contributed by atoms with Crippen molar-refractivity contribution in [2.45, 2.75) is 120 Å². The third kappa shape index (κ3) is 66.5. The van der Waals surface area contributed by atoms with Gasteiger partial charge in [-0.2, -0.15) is 22.3 Å². The molecule has 6 aromatic carbocycles. The Morgan fingerprint density at radius 2 is 0.774 bits per heavy atom. The number of carboxylic acid groups (broad SMARTS) is 1. The van der Waals surface area contributed by atoms with E-state index >= 15 is 0 Å². The van der Waals surface area contributed by atoms with Crippen molar-refractivity contribution in [1.82, 2.24) is 0 Å². The smallest absolute Gasteiger partial charge is 0.365 e. The van der Waals surface area contributed by atoms with Gasteiger partial charge in [-0.05, 0) is 91.1 Å². The molecule has 0 fully saturated rings. The molecule has 0 aliphatic rings. The predicted molar refractivity (Wildman–Crippen MR) is 412 cm³/mol. The number of benzene rings is 6. The number of carboxylic acids is 1. The fraction of sp³-hybridized carbons (Fsp3) is 0.339. The maximum atomic E-state index is 11.9. The number of nitrogens with two attached hydrogens (primary N) is 1. The van der Waals surface area contributed by atoms with E-state index in [1.165, 1.54) is 53.7 Å². The van der Waals surface area contributed by atoms with Crippen molar-refractivity contribution in [3.63, 3.8) is 0 Å². The van der Waals surface area contributed by atoms with Crippen molar-refractivity contribution in [2.75, 3.05) is 30.9 Å². The molecule has 0 saturated heterocycles. The number of aliphatic hydroxyl groups excluding tert-OH is 2. The number of aliphatic hydroxyl groups is 2. The summed E-state index contributed by atoms with van der Waals surface area (Å²) in [7, 11) is -11.9. The first-order chi connectivity index (χ1) is 43.6. The van der Waals surface area contributed by atoms with Crippen LogP contribution in [0.15, 0.2) is 178 Å². The van der Waals surface area contributed by atoms with Gasteiger partial charge in [-0.1, -0.05) is 194 Å². The van der Waals surface area contributed by atoms with Gasteiger partial charge < -0.3 is 64.9 Å². The molecule has 3 atom stereocenters. The van der Waals surface area contributed by atoms with E-state index in [4.69, 9.17) is 35.1 Å². The van der Waals surface area contributed by atoms with E-state index < -0.39 is 66.4 Å². The number of esters is 2. The second kappa shape index (κ2) is 66.7. The predicted octanol–water partition coefficient (Wildman–Crippen LogP) is 11.8. The minimum Gasteiger partial charge on any atom is -0.458 e. The summed E-state index contributed by atoms with van der Waals surface area (Å²) in [5.74, 6) is -1.76. The average molecular weight is 2110 g/mol. The van der Waals surface area contributed by atoms with Crippen molar-refractivity contribution < 1.29 is 104 Å². The Balaban J connectivity index is -0.000000244. The van der Waals surface area contributed by atoms with Gasteiger partial charge >= 0.3 is 132 Å². The van der Waals surface area contributed by atoms with Crippen LogP contribution in [0, 0.1) is 34.6 Å². The summed E-state index contributed by atoms with van der Waals surface area (Å²) >= 11 is 14.5. The van der Waals surface area contributed by atoms with E-state index in [1.54, 1.807) is 50.2 Å². The van der Waals surface area contributed by atoms with Crippen LogP contribution in [0.5, 0.6) is 0 Å². The van der Waals surface area contributed by atoms with Crippen LogP contribution < -0.4 is 17.2 Å². The number of ether oxygens (including phenoxy) is 2. The fourth-order valence-corrected chi connectivity index (χ4v) is 6.98. The van der Waals surface area contributed by atoms with Crippen molar-refractivity contribution in [3.05, 3.63) is 211 Å². The molecule has 0 bridgehead atoms. The number of carbonyl (C=O) groups excluding carboxylic acids is 2. The largest absolute Gasteiger partial charge is 0.458 e. The van der Waals surface area contributed by atoms with E-state index in [9.17, 15) is 48.7 Å². The maximum Gasteiger partial charge on any atom is 0.365 e. The minimum absolute atomic E-state index is 0.0173. The summed E-state index contributed by atoms with van der Waals surface area (Å²) < 4.78 is 103. The molecule has 0 amide bonds. The molecule has 0 saturated carbocycles. The molecule has 0 spiro atoms. The first-order valence-electron chi connectivity index (χ1n) is 27.7. The van der Waals surface area contributed by atoms with Crippen LogP contribution in [0.25, 0.3) is 0 Å². The summed E-state index contributed by atoms with van der Waals surface area (Å²) in [6.07, 6.45) is 3.96. The van der Waals surface area contributed by atoms with E-state index in [1.807, 2.05) is 112 Å². The van der Waals surface area contributed by atoms with Crippen molar-refractivity contribution >= 4 is 171 Å². The zero-order valence-electron chi connectivity index (χ0n) is 53.3. The molecular formula is C62H90I6N3O17S3V2-2. The summed E-state index contributed by atoms with van der Waals surface area (Å²) in [5, 5.41) is 23.8. The topological polar surface area (TPSA) is 380 Å². The Hall–Kier alpha value is -1.19. The minimum atomic E-state index is -4.27. The fourth-order valence-electron chi connectivity index (χ4n) is 5.56. The molecule has 6 aromatic rings. The van der Waals surface area contributed by atoms with Gasteiger partial charge in [0.25, 0.3) is 10.1 Å². The molecule has 0 aliphatic carbocycles. The van der Waals surface area contributed by atoms with E-state index in [0.29, 0.717) is 28.7 Å². The summed E-state index contributed by atoms with van der Waals surface area (Å²) in [6, 6.07) is 44.4. The second-order valence-electron chi connectivity index (χ2n) is 17.7. The number of aliphatic carboxylic acids is 1. The van der Waals surface area contributed by atoms with Crippen LogP contribution in [0.4, 0.5) is 0 Å². The van der Waals surface area contributed by atoms with E-state index in [0.717, 1.165) is 33.4 Å². The van der Waals surface area contributed by atoms with E-state index in [2.05, 4.69) is 169 Å². The first-order valence-corrected chi connectivity index (χ1v) is 56.0. The zero-order chi connectivity index (χ0) is 73.0. The Kier molecular flexibility index (Phi) is 73.7. The number of hydrogen-bond donors (Lipinski definition) is 7. The summed E-state index contributed by atoms with van der Waals surface area (Å²) in [5.41, 5.74) is 18.8. The monoisotopic (exact) mass is 2110 g/mol. The molecule has 93 heavy (non-hydrogen) atoms. The quantitative estimate of drug-likeness (QED) is 0.0111. The number of rotatable bonds is 17. The van der Waals surface area contributed by atoms with Crippen LogP contribution in [-0.4, -0.2) is 121 Å². The van der Waals surface area contributed by atoms with Gasteiger partial charge in [-0.15, -0.1) is 0 Å². The van der Waals surface area contributed by atoms with Crippen LogP contribution >= 0.6 is 122 Å². The van der Waals surface area contributed by atoms with Crippen LogP contribution in [0.3, 0.4) is 0 Å². The molecule has 0 radical (unpaired) electrons. The van der Waals surface area contributed by atoms with Crippen molar-refractivity contribution in [2.24, 2.45) is 5.73 Å². The molecule has 31 heteroatoms. The van der Waals surface area contributed by atoms with Crippen LogP contribution in [0.2, 0.25) is 0 Å². The molecule has 0 aliphatic heterocycles. The summed E-state index contributed by atoms with van der Waals surface area (Å²) in [6.45, 7) is 21.7. The number of carbonyl (C=O) groups is 3. The standard InChI is InChI=1S/C20H24N2O4.C9H11NO2.3C7H8O3S.C3H7I.C3H8.C2H6O2.2C2H5.5HI.2V/c21-17(13-15-7-3-1-4-8-15)19(23)25-11-12-26-20(24)18(22)14-16-9-5-2-6-10-16;10-8(9(11)12)6-7-4-2-1-3-5-7;3*1-6-2-4-7(5-3-6)11(8,9)10;1-2-3-4;1-3-2;3-1-2-4;2*1-2;;;;;;;/h1-10,17-18H,11-14,21-22H2;1-5,8H,6,10H2,(H,11,12);3*2-5H,1H3,(H,8,9,10);2-3H2,1H3;3H2,1-2H3;3-4H,1-2H2;2*1H2,2H3;5*1H;;/q;;;;;;;;2*-1;;;;;;+2;+3/p-5. The molecule has 20 nitrogen and oxygen atoms in total. The average Bonchev–Trinajstić information content (AvgIpc) is 1.47. The number of halogens is 6. The van der Waals surface area contributed by atoms with Gasteiger partial charge in [0.2, 0.25) is 0 Å². The maximum absolute atomic E-state index is 11.9. The normalized spacial score (nSPS) is 10.8. The Labute approximate surface area is 634 Å². The molecule has 0 heterocycles. The number of aryl methyl sites for hydroxylation is 3. The SMILES string of the molecule is CCC.CCCI.Cc1ccc(S(=O)(=O)O)cc1.Cc1ccc(S(=O)(=O)[O-])cc1.Cc1ccc(S(=O)(=O)[O-])cc1.NC(Cc1ccccc1)C(=O)O.OCCO.[CH2-]C.[CH2-]C.[I][V]([I])[I].[I][V][I].[NH3+]C(Cc1ccccc1)C(=O)OCCOC(=O)C([NH3+])Cc1ccccc1. The molecule has 527 valence electrons. The third-order valence-electron chi connectivity index (χ3n) is 9.73. The van der Waals surface area contributed by atoms with Crippen LogP contribution in [-0.2, 0) is 87.9 Å². The number of quaternary nitrogens is 2. The number of alkyl halides is 1. The molecule has 3 unspecified atom stereocenters. The molecule has 12 N–H and O–H groups in total. The van der Waals surface area contributed by atoms with Crippen molar-refractivity contribution in [1.29, 1.82) is 0 Å². The molecule has 6 rings (SSSR count). The van der Waals surface area contributed by atoms with Gasteiger partial charge in [-0.3, -0.25) is 9.35 Å². The zero-order valence-corrected chi connectivity index (χ0v) is 71.5. The van der Waals surface area contributed by atoms with Gasteiger partial charge in [0.05, 0.1) is 27.9 Å². The molecular weight excluding hydrogens is 2020 g/mol. The third-order valence-corrected chi connectivity index (χ3v) is 13.4.